The van der Waals surface area contributed by atoms with Crippen molar-refractivity contribution >= 4 is 5.97 Å². The van der Waals surface area contributed by atoms with Gasteiger partial charge in [-0.15, -0.1) is 0 Å². The number of methoxy groups -OCH3 is 2. The Bertz CT molecular complexity index is 417. The molecule has 0 aliphatic carbocycles. The molecule has 1 aromatic rings. The topological polar surface area (TPSA) is 63.9 Å². The highest BCUT2D eigenvalue weighted by molar-refractivity contribution is 5.90. The van der Waals surface area contributed by atoms with Crippen LogP contribution in [-0.4, -0.2) is 58.4 Å². The normalized spacial score (nSPS) is 11.1. The van der Waals surface area contributed by atoms with Gasteiger partial charge >= 0.3 is 5.97 Å². The van der Waals surface area contributed by atoms with E-state index in [4.69, 9.17) is 9.15 Å². The van der Waals surface area contributed by atoms with Gasteiger partial charge in [0.05, 0.1) is 20.3 Å². The molecule has 1 aromatic heterocycles. The molecule has 1 rings (SSSR count). The molecule has 1 heterocycles. The van der Waals surface area contributed by atoms with Crippen molar-refractivity contribution in [3.05, 3.63) is 23.2 Å². The number of rotatable bonds is 9. The number of aryl methyl sites for hydroxylation is 1. The van der Waals surface area contributed by atoms with Crippen LogP contribution in [0.3, 0.4) is 0 Å². The van der Waals surface area contributed by atoms with Crippen molar-refractivity contribution in [2.24, 2.45) is 0 Å². The lowest BCUT2D eigenvalue weighted by Crippen LogP contribution is -2.31. The number of hydrogen-bond donors (Lipinski definition) is 1. The SMILES string of the molecule is COCCN(C)CCNCc1cc(C(=O)OC)c(C)o1. The monoisotopic (exact) mass is 284 g/mol. The molecule has 6 heteroatoms. The van der Waals surface area contributed by atoms with Crippen LogP contribution >= 0.6 is 0 Å². The molecule has 0 bridgehead atoms. The summed E-state index contributed by atoms with van der Waals surface area (Å²) in [5, 5.41) is 3.28. The van der Waals surface area contributed by atoms with Gasteiger partial charge in [0.2, 0.25) is 0 Å². The number of carbonyl (C=O) groups excluding carboxylic acids is 1. The number of carbonyl (C=O) groups is 1. The van der Waals surface area contributed by atoms with Gasteiger partial charge in [-0.3, -0.25) is 0 Å². The largest absolute Gasteiger partial charge is 0.465 e. The van der Waals surface area contributed by atoms with Crippen LogP contribution < -0.4 is 5.32 Å². The van der Waals surface area contributed by atoms with E-state index in [1.165, 1.54) is 7.11 Å². The molecule has 6 nitrogen and oxygen atoms in total. The van der Waals surface area contributed by atoms with Crippen molar-refractivity contribution in [2.75, 3.05) is 47.5 Å². The fraction of sp³-hybridized carbons (Fsp3) is 0.643. The Morgan fingerprint density at radius 1 is 1.40 bits per heavy atom. The van der Waals surface area contributed by atoms with Crippen molar-refractivity contribution in [1.82, 2.24) is 10.2 Å². The minimum Gasteiger partial charge on any atom is -0.465 e. The van der Waals surface area contributed by atoms with E-state index in [1.54, 1.807) is 20.1 Å². The molecule has 0 aliphatic rings. The maximum Gasteiger partial charge on any atom is 0.341 e. The van der Waals surface area contributed by atoms with Gasteiger partial charge in [0.15, 0.2) is 0 Å². The third-order valence-corrected chi connectivity index (χ3v) is 3.02. The predicted octanol–water partition coefficient (Wildman–Crippen LogP) is 1.04. The van der Waals surface area contributed by atoms with E-state index >= 15 is 0 Å². The molecule has 20 heavy (non-hydrogen) atoms. The van der Waals surface area contributed by atoms with Gasteiger partial charge in [0.25, 0.3) is 0 Å². The van der Waals surface area contributed by atoms with E-state index in [2.05, 4.69) is 15.0 Å². The van der Waals surface area contributed by atoms with Crippen LogP contribution in [-0.2, 0) is 16.0 Å². The Morgan fingerprint density at radius 2 is 2.15 bits per heavy atom. The van der Waals surface area contributed by atoms with Crippen molar-refractivity contribution < 1.29 is 18.7 Å². The molecule has 0 aliphatic heterocycles. The van der Waals surface area contributed by atoms with Crippen LogP contribution in [0.1, 0.15) is 21.9 Å². The molecular weight excluding hydrogens is 260 g/mol. The molecule has 0 saturated carbocycles. The van der Waals surface area contributed by atoms with Crippen LogP contribution in [0.2, 0.25) is 0 Å². The lowest BCUT2D eigenvalue weighted by molar-refractivity contribution is 0.0599. The van der Waals surface area contributed by atoms with E-state index in [0.29, 0.717) is 17.9 Å². The summed E-state index contributed by atoms with van der Waals surface area (Å²) < 4.78 is 15.2. The third-order valence-electron chi connectivity index (χ3n) is 3.02. The van der Waals surface area contributed by atoms with E-state index in [0.717, 1.165) is 32.0 Å². The van der Waals surface area contributed by atoms with Crippen LogP contribution in [0.4, 0.5) is 0 Å². The lowest BCUT2D eigenvalue weighted by Gasteiger charge is -2.15. The summed E-state index contributed by atoms with van der Waals surface area (Å²) in [6, 6.07) is 1.73. The van der Waals surface area contributed by atoms with E-state index in [9.17, 15) is 4.79 Å². The van der Waals surface area contributed by atoms with Crippen LogP contribution in [0.15, 0.2) is 10.5 Å². The summed E-state index contributed by atoms with van der Waals surface area (Å²) in [6.07, 6.45) is 0. The number of ether oxygens (including phenoxy) is 2. The smallest absolute Gasteiger partial charge is 0.341 e. The third kappa shape index (κ3) is 5.32. The fourth-order valence-electron chi connectivity index (χ4n) is 1.78. The van der Waals surface area contributed by atoms with Gasteiger partial charge in [0.1, 0.15) is 17.1 Å². The molecule has 0 spiro atoms. The molecule has 0 unspecified atom stereocenters. The first kappa shape index (κ1) is 16.7. The van der Waals surface area contributed by atoms with Gasteiger partial charge in [-0.2, -0.15) is 0 Å². The molecule has 0 amide bonds. The number of furan rings is 1. The fourth-order valence-corrected chi connectivity index (χ4v) is 1.78. The van der Waals surface area contributed by atoms with Crippen molar-refractivity contribution in [3.8, 4) is 0 Å². The number of nitrogens with zero attached hydrogens (tertiary/aromatic N) is 1. The minimum atomic E-state index is -0.364. The summed E-state index contributed by atoms with van der Waals surface area (Å²) >= 11 is 0. The van der Waals surface area contributed by atoms with Gasteiger partial charge in [-0.25, -0.2) is 4.79 Å². The van der Waals surface area contributed by atoms with Crippen molar-refractivity contribution in [1.29, 1.82) is 0 Å². The first-order valence-electron chi connectivity index (χ1n) is 6.64. The van der Waals surface area contributed by atoms with Crippen molar-refractivity contribution in [3.63, 3.8) is 0 Å². The minimum absolute atomic E-state index is 0.364. The molecule has 0 aromatic carbocycles. The second-order valence-electron chi connectivity index (χ2n) is 4.65. The first-order chi connectivity index (χ1) is 9.58. The van der Waals surface area contributed by atoms with E-state index in [-0.39, 0.29) is 5.97 Å². The Labute approximate surface area is 120 Å². The van der Waals surface area contributed by atoms with E-state index in [1.807, 2.05) is 7.05 Å². The quantitative estimate of drug-likeness (QED) is 0.540. The van der Waals surface area contributed by atoms with Crippen LogP contribution in [0.5, 0.6) is 0 Å². The standard InChI is InChI=1S/C14H24N2O4/c1-11-13(14(17)19-4)9-12(20-11)10-15-5-6-16(2)7-8-18-3/h9,15H,5-8,10H2,1-4H3. The summed E-state index contributed by atoms with van der Waals surface area (Å²) in [4.78, 5) is 13.6. The zero-order valence-corrected chi connectivity index (χ0v) is 12.7. The molecule has 1 N–H and O–H groups in total. The van der Waals surface area contributed by atoms with E-state index < -0.39 is 0 Å². The highest BCUT2D eigenvalue weighted by atomic mass is 16.5. The Kier molecular flexibility index (Phi) is 7.28. The average molecular weight is 284 g/mol. The summed E-state index contributed by atoms with van der Waals surface area (Å²) in [6.45, 7) is 5.76. The van der Waals surface area contributed by atoms with Gasteiger partial charge in [-0.1, -0.05) is 0 Å². The second-order valence-corrected chi connectivity index (χ2v) is 4.65. The average Bonchev–Trinajstić information content (AvgIpc) is 2.81. The number of hydrogen-bond acceptors (Lipinski definition) is 6. The van der Waals surface area contributed by atoms with Crippen LogP contribution in [0, 0.1) is 6.92 Å². The maximum atomic E-state index is 11.4. The highest BCUT2D eigenvalue weighted by Crippen LogP contribution is 2.15. The number of esters is 1. The molecule has 0 saturated heterocycles. The second kappa shape index (κ2) is 8.73. The van der Waals surface area contributed by atoms with Gasteiger partial charge < -0.3 is 24.1 Å². The number of nitrogens with one attached hydrogen (secondary N) is 1. The molecule has 0 fully saturated rings. The zero-order chi connectivity index (χ0) is 15.0. The predicted molar refractivity (Wildman–Crippen MR) is 75.9 cm³/mol. The van der Waals surface area contributed by atoms with Gasteiger partial charge in [-0.05, 0) is 20.0 Å². The highest BCUT2D eigenvalue weighted by Gasteiger charge is 2.14. The van der Waals surface area contributed by atoms with Crippen LogP contribution in [0.25, 0.3) is 0 Å². The summed E-state index contributed by atoms with van der Waals surface area (Å²) in [5.41, 5.74) is 0.488. The van der Waals surface area contributed by atoms with Gasteiger partial charge in [0, 0.05) is 26.7 Å². The summed E-state index contributed by atoms with van der Waals surface area (Å²) in [5.74, 6) is 0.963. The summed E-state index contributed by atoms with van der Waals surface area (Å²) in [7, 11) is 5.11. The maximum absolute atomic E-state index is 11.4. The van der Waals surface area contributed by atoms with Crippen molar-refractivity contribution in [2.45, 2.75) is 13.5 Å². The first-order valence-corrected chi connectivity index (χ1v) is 6.64. The Balaban J connectivity index is 2.30. The number of likely N-dealkylation sites (N-methyl/N-ethyl adjacent to an activating group) is 1. The molecule has 0 radical (unpaired) electrons. The lowest BCUT2D eigenvalue weighted by atomic mass is 10.2. The Morgan fingerprint density at radius 3 is 2.80 bits per heavy atom. The Hall–Kier alpha value is -1.37. The molecular formula is C14H24N2O4. The molecule has 114 valence electrons. The zero-order valence-electron chi connectivity index (χ0n) is 12.7. The molecule has 0 atom stereocenters.